The van der Waals surface area contributed by atoms with Crippen molar-refractivity contribution in [2.75, 3.05) is 7.05 Å². The van der Waals surface area contributed by atoms with Crippen LogP contribution in [0.4, 0.5) is 13.2 Å². The first kappa shape index (κ1) is 18.6. The lowest BCUT2D eigenvalue weighted by atomic mass is 10.2. The molecule has 2 aromatic rings. The monoisotopic (exact) mass is 379 g/mol. The summed E-state index contributed by atoms with van der Waals surface area (Å²) in [5, 5.41) is 0.430. The van der Waals surface area contributed by atoms with E-state index in [2.05, 4.69) is 4.74 Å². The lowest BCUT2D eigenvalue weighted by molar-refractivity contribution is -0.275. The van der Waals surface area contributed by atoms with Gasteiger partial charge in [0.1, 0.15) is 10.6 Å². The molecule has 0 radical (unpaired) electrons. The van der Waals surface area contributed by atoms with Gasteiger partial charge in [0.25, 0.3) is 0 Å². The van der Waals surface area contributed by atoms with Crippen LogP contribution in [0.2, 0.25) is 5.02 Å². The van der Waals surface area contributed by atoms with Crippen molar-refractivity contribution < 1.29 is 26.3 Å². The summed E-state index contributed by atoms with van der Waals surface area (Å²) in [5.41, 5.74) is 0.600. The Bertz CT molecular complexity index is 825. The molecule has 0 saturated carbocycles. The maximum Gasteiger partial charge on any atom is 0.573 e. The average Bonchev–Trinajstić information content (AvgIpc) is 2.46. The van der Waals surface area contributed by atoms with E-state index in [0.717, 1.165) is 16.4 Å². The van der Waals surface area contributed by atoms with E-state index in [0.29, 0.717) is 10.6 Å². The van der Waals surface area contributed by atoms with Crippen LogP contribution in [0.25, 0.3) is 0 Å². The standard InChI is InChI=1S/C15H13ClF3NO3S/c1-20(10-11-5-4-6-12(16)9-11)24(21,22)14-8-3-2-7-13(14)23-15(17,18)19/h2-9H,10H2,1H3. The van der Waals surface area contributed by atoms with Crippen molar-refractivity contribution in [2.24, 2.45) is 0 Å². The number of rotatable bonds is 5. The zero-order valence-corrected chi connectivity index (χ0v) is 14.0. The fourth-order valence-electron chi connectivity index (χ4n) is 2.02. The molecule has 0 N–H and O–H groups in total. The summed E-state index contributed by atoms with van der Waals surface area (Å²) in [6.07, 6.45) is -4.99. The molecule has 2 rings (SSSR count). The molecule has 0 aromatic heterocycles. The first-order chi connectivity index (χ1) is 11.1. The predicted molar refractivity (Wildman–Crippen MR) is 83.2 cm³/mol. The number of halogens is 4. The van der Waals surface area contributed by atoms with Gasteiger partial charge in [-0.25, -0.2) is 8.42 Å². The van der Waals surface area contributed by atoms with Gasteiger partial charge in [0.05, 0.1) is 0 Å². The third kappa shape index (κ3) is 4.62. The maximum atomic E-state index is 12.6. The predicted octanol–water partition coefficient (Wildman–Crippen LogP) is 4.06. The number of para-hydroxylation sites is 1. The van der Waals surface area contributed by atoms with E-state index in [1.165, 1.54) is 19.2 Å². The van der Waals surface area contributed by atoms with Gasteiger partial charge in [0.2, 0.25) is 10.0 Å². The molecule has 9 heteroatoms. The van der Waals surface area contributed by atoms with Crippen LogP contribution in [0.1, 0.15) is 5.56 Å². The van der Waals surface area contributed by atoms with Crippen molar-refractivity contribution in [3.63, 3.8) is 0 Å². The second-order valence-corrected chi connectivity index (χ2v) is 7.34. The molecule has 24 heavy (non-hydrogen) atoms. The third-order valence-electron chi connectivity index (χ3n) is 3.06. The average molecular weight is 380 g/mol. The lowest BCUT2D eigenvalue weighted by Gasteiger charge is -2.20. The van der Waals surface area contributed by atoms with Crippen molar-refractivity contribution in [3.8, 4) is 5.75 Å². The Labute approximate surface area is 142 Å². The summed E-state index contributed by atoms with van der Waals surface area (Å²) in [4.78, 5) is -0.563. The molecule has 0 bridgehead atoms. The van der Waals surface area contributed by atoms with E-state index < -0.39 is 27.0 Å². The molecular formula is C15H13ClF3NO3S. The molecule has 4 nitrogen and oxygen atoms in total. The van der Waals surface area contributed by atoms with E-state index in [1.54, 1.807) is 24.3 Å². The van der Waals surface area contributed by atoms with Gasteiger partial charge in [-0.2, -0.15) is 4.31 Å². The Morgan fingerprint density at radius 2 is 1.79 bits per heavy atom. The second kappa shape index (κ2) is 7.00. The molecule has 0 atom stereocenters. The largest absolute Gasteiger partial charge is 0.573 e. The highest BCUT2D eigenvalue weighted by molar-refractivity contribution is 7.89. The van der Waals surface area contributed by atoms with E-state index in [-0.39, 0.29) is 6.54 Å². The van der Waals surface area contributed by atoms with Gasteiger partial charge in [-0.1, -0.05) is 35.9 Å². The highest BCUT2D eigenvalue weighted by Crippen LogP contribution is 2.31. The minimum atomic E-state index is -4.99. The highest BCUT2D eigenvalue weighted by atomic mass is 35.5. The highest BCUT2D eigenvalue weighted by Gasteiger charge is 2.34. The van der Waals surface area contributed by atoms with Crippen LogP contribution in [0.5, 0.6) is 5.75 Å². The van der Waals surface area contributed by atoms with Gasteiger partial charge in [0, 0.05) is 18.6 Å². The topological polar surface area (TPSA) is 46.6 Å². The minimum absolute atomic E-state index is 0.0523. The third-order valence-corrected chi connectivity index (χ3v) is 5.14. The molecule has 0 saturated heterocycles. The van der Waals surface area contributed by atoms with Crippen LogP contribution in [0.15, 0.2) is 53.4 Å². The molecule has 0 heterocycles. The number of hydrogen-bond acceptors (Lipinski definition) is 3. The van der Waals surface area contributed by atoms with Gasteiger partial charge in [-0.3, -0.25) is 0 Å². The molecule has 0 aliphatic rings. The minimum Gasteiger partial charge on any atom is -0.404 e. The number of hydrogen-bond donors (Lipinski definition) is 0. The quantitative estimate of drug-likeness (QED) is 0.787. The SMILES string of the molecule is CN(Cc1cccc(Cl)c1)S(=O)(=O)c1ccccc1OC(F)(F)F. The molecule has 0 aliphatic heterocycles. The Kier molecular flexibility index (Phi) is 5.42. The number of nitrogens with zero attached hydrogens (tertiary/aromatic N) is 1. The summed E-state index contributed by atoms with van der Waals surface area (Å²) in [6.45, 7) is -0.0523. The van der Waals surface area contributed by atoms with Crippen LogP contribution >= 0.6 is 11.6 Å². The maximum absolute atomic E-state index is 12.6. The van der Waals surface area contributed by atoms with E-state index in [9.17, 15) is 21.6 Å². The first-order valence-electron chi connectivity index (χ1n) is 6.65. The summed E-state index contributed by atoms with van der Waals surface area (Å²) < 4.78 is 67.3. The Hall–Kier alpha value is -1.77. The zero-order valence-electron chi connectivity index (χ0n) is 12.4. The first-order valence-corrected chi connectivity index (χ1v) is 8.47. The fraction of sp³-hybridized carbons (Fsp3) is 0.200. The number of ether oxygens (including phenoxy) is 1. The summed E-state index contributed by atoms with van der Waals surface area (Å²) in [7, 11) is -2.92. The Morgan fingerprint density at radius 1 is 1.12 bits per heavy atom. The summed E-state index contributed by atoms with van der Waals surface area (Å²) in [6, 6.07) is 11.1. The van der Waals surface area contributed by atoms with Crippen LogP contribution < -0.4 is 4.74 Å². The van der Waals surface area contributed by atoms with Gasteiger partial charge < -0.3 is 4.74 Å². The number of benzene rings is 2. The van der Waals surface area contributed by atoms with Crippen LogP contribution in [0, 0.1) is 0 Å². The molecule has 0 unspecified atom stereocenters. The van der Waals surface area contributed by atoms with Crippen molar-refractivity contribution in [3.05, 3.63) is 59.1 Å². The molecule has 0 aliphatic carbocycles. The summed E-state index contributed by atoms with van der Waals surface area (Å²) >= 11 is 5.84. The van der Waals surface area contributed by atoms with Gasteiger partial charge in [-0.05, 0) is 29.8 Å². The van der Waals surface area contributed by atoms with Crippen LogP contribution in [-0.4, -0.2) is 26.1 Å². The van der Waals surface area contributed by atoms with E-state index >= 15 is 0 Å². The smallest absolute Gasteiger partial charge is 0.404 e. The molecule has 0 spiro atoms. The molecular weight excluding hydrogens is 367 g/mol. The molecule has 130 valence electrons. The Balaban J connectivity index is 2.33. The Morgan fingerprint density at radius 3 is 2.42 bits per heavy atom. The second-order valence-electron chi connectivity index (χ2n) is 4.89. The molecule has 0 amide bonds. The van der Waals surface area contributed by atoms with Gasteiger partial charge in [0.15, 0.2) is 0 Å². The van der Waals surface area contributed by atoms with Gasteiger partial charge >= 0.3 is 6.36 Å². The van der Waals surface area contributed by atoms with E-state index in [4.69, 9.17) is 11.6 Å². The lowest BCUT2D eigenvalue weighted by Crippen LogP contribution is -2.28. The molecule has 2 aromatic carbocycles. The number of alkyl halides is 3. The fourth-order valence-corrected chi connectivity index (χ4v) is 3.50. The van der Waals surface area contributed by atoms with Crippen molar-refractivity contribution >= 4 is 21.6 Å². The summed E-state index contributed by atoms with van der Waals surface area (Å²) in [5.74, 6) is -0.775. The van der Waals surface area contributed by atoms with Crippen molar-refractivity contribution in [1.82, 2.24) is 4.31 Å². The van der Waals surface area contributed by atoms with Crippen molar-refractivity contribution in [2.45, 2.75) is 17.8 Å². The van der Waals surface area contributed by atoms with Crippen molar-refractivity contribution in [1.29, 1.82) is 0 Å². The zero-order chi connectivity index (χ0) is 18.0. The van der Waals surface area contributed by atoms with Gasteiger partial charge in [-0.15, -0.1) is 13.2 Å². The van der Waals surface area contributed by atoms with Crippen LogP contribution in [-0.2, 0) is 16.6 Å². The van der Waals surface area contributed by atoms with E-state index in [1.807, 2.05) is 0 Å². The van der Waals surface area contributed by atoms with Crippen LogP contribution in [0.3, 0.4) is 0 Å². The normalized spacial score (nSPS) is 12.4. The molecule has 0 fully saturated rings. The number of sulfonamides is 1.